The smallest absolute Gasteiger partial charge is 0.223 e. The summed E-state index contributed by atoms with van der Waals surface area (Å²) in [6, 6.07) is 15.1. The van der Waals surface area contributed by atoms with Crippen molar-refractivity contribution >= 4 is 11.6 Å². The maximum absolute atomic E-state index is 4.99. The Morgan fingerprint density at radius 2 is 1.83 bits per heavy atom. The molecule has 5 nitrogen and oxygen atoms in total. The summed E-state index contributed by atoms with van der Waals surface area (Å²) in [6.45, 7) is 8.54. The van der Waals surface area contributed by atoms with Crippen LogP contribution in [0.4, 0.5) is 5.95 Å². The summed E-state index contributed by atoms with van der Waals surface area (Å²) < 4.78 is 2.13. The fraction of sp³-hybridized carbons (Fsp3) is 0.292. The average molecular weight is 386 g/mol. The average Bonchev–Trinajstić information content (AvgIpc) is 3.12. The van der Waals surface area contributed by atoms with Crippen molar-refractivity contribution in [2.45, 2.75) is 46.6 Å². The fourth-order valence-electron chi connectivity index (χ4n) is 3.35. The quantitative estimate of drug-likeness (QED) is 0.473. The van der Waals surface area contributed by atoms with Gasteiger partial charge in [0.15, 0.2) is 0 Å². The Bertz CT molecular complexity index is 1130. The Morgan fingerprint density at radius 1 is 1.03 bits per heavy atom. The van der Waals surface area contributed by atoms with Crippen molar-refractivity contribution in [1.29, 1.82) is 0 Å². The molecule has 3 aromatic heterocycles. The van der Waals surface area contributed by atoms with E-state index in [4.69, 9.17) is 9.97 Å². The Hall–Kier alpha value is -3.21. The Kier molecular flexibility index (Phi) is 5.30. The summed E-state index contributed by atoms with van der Waals surface area (Å²) in [4.78, 5) is 14.2. The minimum absolute atomic E-state index is 0.316. The van der Waals surface area contributed by atoms with Gasteiger partial charge in [-0.1, -0.05) is 43.7 Å². The van der Waals surface area contributed by atoms with E-state index in [2.05, 4.69) is 85.0 Å². The second-order valence-electron chi connectivity index (χ2n) is 7.51. The van der Waals surface area contributed by atoms with Crippen molar-refractivity contribution in [3.8, 4) is 22.6 Å². The molecule has 0 saturated heterocycles. The normalized spacial score (nSPS) is 12.3. The van der Waals surface area contributed by atoms with Gasteiger partial charge in [-0.25, -0.2) is 15.0 Å². The maximum atomic E-state index is 4.99. The van der Waals surface area contributed by atoms with Gasteiger partial charge in [0.25, 0.3) is 0 Å². The van der Waals surface area contributed by atoms with Gasteiger partial charge < -0.3 is 5.32 Å². The van der Waals surface area contributed by atoms with E-state index < -0.39 is 0 Å². The molecule has 5 heteroatoms. The van der Waals surface area contributed by atoms with Crippen LogP contribution >= 0.6 is 0 Å². The van der Waals surface area contributed by atoms with E-state index >= 15 is 0 Å². The molecule has 0 radical (unpaired) electrons. The summed E-state index contributed by atoms with van der Waals surface area (Å²) in [6.07, 6.45) is 5.90. The third-order valence-electron chi connectivity index (χ3n) is 5.31. The van der Waals surface area contributed by atoms with Gasteiger partial charge in [-0.05, 0) is 50.5 Å². The van der Waals surface area contributed by atoms with E-state index in [0.717, 1.165) is 41.1 Å². The lowest BCUT2D eigenvalue weighted by atomic mass is 10.1. The van der Waals surface area contributed by atoms with Crippen molar-refractivity contribution in [1.82, 2.24) is 19.4 Å². The standard InChI is InChI=1S/C24H27N5/c1-5-17(4)26-24-25-13-11-20(27-24)23-22(19-9-7-16(3)8-10-19)28-21-15-18(6-2)12-14-29(21)23/h7-15,17H,5-6H2,1-4H3,(H,25,26,27). The first-order chi connectivity index (χ1) is 14.1. The molecule has 148 valence electrons. The SMILES string of the molecule is CCc1ccn2c(-c3ccnc(NC(C)CC)n3)c(-c3ccc(C)cc3)nc2c1. The van der Waals surface area contributed by atoms with Gasteiger partial charge in [-0.15, -0.1) is 0 Å². The fourth-order valence-corrected chi connectivity index (χ4v) is 3.35. The predicted molar refractivity (Wildman–Crippen MR) is 119 cm³/mol. The zero-order valence-corrected chi connectivity index (χ0v) is 17.5. The van der Waals surface area contributed by atoms with Crippen LogP contribution in [0.25, 0.3) is 28.3 Å². The number of aromatic nitrogens is 4. The van der Waals surface area contributed by atoms with Crippen LogP contribution in [0, 0.1) is 6.92 Å². The van der Waals surface area contributed by atoms with E-state index in [9.17, 15) is 0 Å². The first-order valence-electron chi connectivity index (χ1n) is 10.3. The van der Waals surface area contributed by atoms with E-state index in [0.29, 0.717) is 12.0 Å². The number of fused-ring (bicyclic) bond motifs is 1. The molecule has 0 aliphatic rings. The van der Waals surface area contributed by atoms with Crippen LogP contribution in [0.3, 0.4) is 0 Å². The van der Waals surface area contributed by atoms with Crippen LogP contribution in [-0.2, 0) is 6.42 Å². The van der Waals surface area contributed by atoms with Gasteiger partial charge in [-0.2, -0.15) is 0 Å². The number of aryl methyl sites for hydroxylation is 2. The number of hydrogen-bond donors (Lipinski definition) is 1. The van der Waals surface area contributed by atoms with Gasteiger partial charge in [-0.3, -0.25) is 4.40 Å². The number of pyridine rings is 1. The predicted octanol–water partition coefficient (Wildman–Crippen LogP) is 5.54. The van der Waals surface area contributed by atoms with Crippen LogP contribution in [-0.4, -0.2) is 25.4 Å². The van der Waals surface area contributed by atoms with Crippen LogP contribution in [0.2, 0.25) is 0 Å². The zero-order valence-electron chi connectivity index (χ0n) is 17.5. The van der Waals surface area contributed by atoms with Gasteiger partial charge >= 0.3 is 0 Å². The van der Waals surface area contributed by atoms with Crippen molar-refractivity contribution in [2.75, 3.05) is 5.32 Å². The molecule has 1 atom stereocenters. The molecule has 0 saturated carbocycles. The van der Waals surface area contributed by atoms with Crippen molar-refractivity contribution in [2.24, 2.45) is 0 Å². The molecule has 4 rings (SSSR count). The lowest BCUT2D eigenvalue weighted by molar-refractivity contribution is 0.753. The monoisotopic (exact) mass is 385 g/mol. The van der Waals surface area contributed by atoms with Crippen molar-refractivity contribution < 1.29 is 0 Å². The molecule has 29 heavy (non-hydrogen) atoms. The number of anilines is 1. The third kappa shape index (κ3) is 3.86. The van der Waals surface area contributed by atoms with Gasteiger partial charge in [0.2, 0.25) is 5.95 Å². The highest BCUT2D eigenvalue weighted by molar-refractivity contribution is 5.81. The molecule has 0 fully saturated rings. The highest BCUT2D eigenvalue weighted by Gasteiger charge is 2.18. The highest BCUT2D eigenvalue weighted by Crippen LogP contribution is 2.32. The maximum Gasteiger partial charge on any atom is 0.223 e. The molecule has 1 aromatic carbocycles. The van der Waals surface area contributed by atoms with E-state index in [-0.39, 0.29) is 0 Å². The number of nitrogens with zero attached hydrogens (tertiary/aromatic N) is 4. The van der Waals surface area contributed by atoms with Gasteiger partial charge in [0, 0.05) is 24.0 Å². The van der Waals surface area contributed by atoms with Gasteiger partial charge in [0.05, 0.1) is 17.1 Å². The zero-order chi connectivity index (χ0) is 20.4. The van der Waals surface area contributed by atoms with Crippen molar-refractivity contribution in [3.05, 3.63) is 66.0 Å². The third-order valence-corrected chi connectivity index (χ3v) is 5.31. The number of hydrogen-bond acceptors (Lipinski definition) is 4. The molecular formula is C24H27N5. The first kappa shape index (κ1) is 19.1. The lowest BCUT2D eigenvalue weighted by Crippen LogP contribution is -2.15. The molecule has 0 bridgehead atoms. The largest absolute Gasteiger partial charge is 0.352 e. The Labute approximate surface area is 171 Å². The Balaban J connectivity index is 1.91. The molecule has 0 aliphatic heterocycles. The van der Waals surface area contributed by atoms with E-state index in [1.54, 1.807) is 0 Å². The number of rotatable bonds is 6. The van der Waals surface area contributed by atoms with Crippen LogP contribution in [0.15, 0.2) is 54.9 Å². The van der Waals surface area contributed by atoms with E-state index in [1.165, 1.54) is 11.1 Å². The van der Waals surface area contributed by atoms with Crippen molar-refractivity contribution in [3.63, 3.8) is 0 Å². The highest BCUT2D eigenvalue weighted by atomic mass is 15.1. The second-order valence-corrected chi connectivity index (χ2v) is 7.51. The summed E-state index contributed by atoms with van der Waals surface area (Å²) >= 11 is 0. The lowest BCUT2D eigenvalue weighted by Gasteiger charge is -2.12. The molecule has 0 aliphatic carbocycles. The number of imidazole rings is 1. The molecule has 0 amide bonds. The minimum atomic E-state index is 0.316. The molecular weight excluding hydrogens is 358 g/mol. The molecule has 3 heterocycles. The minimum Gasteiger partial charge on any atom is -0.352 e. The summed E-state index contributed by atoms with van der Waals surface area (Å²) in [5.41, 5.74) is 7.30. The first-order valence-corrected chi connectivity index (χ1v) is 10.3. The van der Waals surface area contributed by atoms with Crippen LogP contribution in [0.1, 0.15) is 38.3 Å². The second kappa shape index (κ2) is 8.03. The summed E-state index contributed by atoms with van der Waals surface area (Å²) in [5.74, 6) is 0.645. The number of nitrogens with one attached hydrogen (secondary N) is 1. The van der Waals surface area contributed by atoms with E-state index in [1.807, 2.05) is 12.3 Å². The topological polar surface area (TPSA) is 55.1 Å². The van der Waals surface area contributed by atoms with Crippen LogP contribution < -0.4 is 5.32 Å². The molecule has 1 unspecified atom stereocenters. The molecule has 4 aromatic rings. The van der Waals surface area contributed by atoms with Gasteiger partial charge in [0.1, 0.15) is 5.65 Å². The number of benzene rings is 1. The van der Waals surface area contributed by atoms with Crippen LogP contribution in [0.5, 0.6) is 0 Å². The molecule has 0 spiro atoms. The summed E-state index contributed by atoms with van der Waals surface area (Å²) in [7, 11) is 0. The Morgan fingerprint density at radius 3 is 2.55 bits per heavy atom. The summed E-state index contributed by atoms with van der Waals surface area (Å²) in [5, 5.41) is 3.38. The molecule has 1 N–H and O–H groups in total.